The lowest BCUT2D eigenvalue weighted by atomic mass is 10.1. The van der Waals surface area contributed by atoms with Crippen LogP contribution in [-0.4, -0.2) is 13.0 Å². The highest BCUT2D eigenvalue weighted by molar-refractivity contribution is 9.10. The summed E-state index contributed by atoms with van der Waals surface area (Å²) < 4.78 is 6.41. The number of amides is 1. The first-order valence-electron chi connectivity index (χ1n) is 7.88. The van der Waals surface area contributed by atoms with Crippen molar-refractivity contribution in [2.45, 2.75) is 27.3 Å². The fraction of sp³-hybridized carbons (Fsp3) is 0.316. The molecule has 0 aromatic heterocycles. The van der Waals surface area contributed by atoms with E-state index in [4.69, 9.17) is 4.74 Å². The number of nitrogens with one attached hydrogen (secondary N) is 2. The number of benzene rings is 2. The minimum absolute atomic E-state index is 0.0125. The summed E-state index contributed by atoms with van der Waals surface area (Å²) >= 11 is 3.49. The smallest absolute Gasteiger partial charge is 0.226 e. The Morgan fingerprint density at radius 2 is 1.96 bits per heavy atom. The average Bonchev–Trinajstić information content (AvgIpc) is 2.55. The van der Waals surface area contributed by atoms with Gasteiger partial charge in [-0.15, -0.1) is 0 Å². The molecule has 2 N–H and O–H groups in total. The second kappa shape index (κ2) is 8.20. The maximum absolute atomic E-state index is 11.9. The Morgan fingerprint density at radius 3 is 2.62 bits per heavy atom. The van der Waals surface area contributed by atoms with Gasteiger partial charge >= 0.3 is 0 Å². The van der Waals surface area contributed by atoms with Gasteiger partial charge in [-0.25, -0.2) is 0 Å². The fourth-order valence-electron chi connectivity index (χ4n) is 2.25. The first kappa shape index (κ1) is 18.3. The highest BCUT2D eigenvalue weighted by Gasteiger charge is 2.09. The van der Waals surface area contributed by atoms with Gasteiger partial charge in [-0.05, 0) is 42.8 Å². The number of halogens is 1. The molecule has 0 aliphatic carbocycles. The third-order valence-electron chi connectivity index (χ3n) is 3.74. The Labute approximate surface area is 151 Å². The van der Waals surface area contributed by atoms with Crippen LogP contribution in [0.1, 0.15) is 25.0 Å². The van der Waals surface area contributed by atoms with Gasteiger partial charge in [0.05, 0.1) is 7.11 Å². The minimum Gasteiger partial charge on any atom is -0.496 e. The Balaban J connectivity index is 2.15. The molecule has 1 amide bonds. The Kier molecular flexibility index (Phi) is 6.26. The summed E-state index contributed by atoms with van der Waals surface area (Å²) in [6.07, 6.45) is 0. The third-order valence-corrected chi connectivity index (χ3v) is 4.23. The van der Waals surface area contributed by atoms with Crippen molar-refractivity contribution in [3.63, 3.8) is 0 Å². The van der Waals surface area contributed by atoms with Gasteiger partial charge in [-0.2, -0.15) is 0 Å². The Bertz CT molecular complexity index is 729. The van der Waals surface area contributed by atoms with Crippen LogP contribution >= 0.6 is 15.9 Å². The van der Waals surface area contributed by atoms with E-state index < -0.39 is 0 Å². The lowest BCUT2D eigenvalue weighted by molar-refractivity contribution is -0.118. The van der Waals surface area contributed by atoms with Gasteiger partial charge in [-0.1, -0.05) is 35.8 Å². The summed E-state index contributed by atoms with van der Waals surface area (Å²) in [5.41, 5.74) is 3.95. The van der Waals surface area contributed by atoms with Crippen LogP contribution in [0.3, 0.4) is 0 Å². The summed E-state index contributed by atoms with van der Waals surface area (Å²) in [5, 5.41) is 6.35. The quantitative estimate of drug-likeness (QED) is 0.731. The van der Waals surface area contributed by atoms with Crippen molar-refractivity contribution in [1.29, 1.82) is 0 Å². The topological polar surface area (TPSA) is 50.4 Å². The van der Waals surface area contributed by atoms with Crippen LogP contribution in [0, 0.1) is 12.8 Å². The predicted molar refractivity (Wildman–Crippen MR) is 103 cm³/mol. The normalized spacial score (nSPS) is 10.6. The molecule has 0 spiro atoms. The van der Waals surface area contributed by atoms with E-state index in [9.17, 15) is 4.79 Å². The van der Waals surface area contributed by atoms with Gasteiger partial charge in [0.15, 0.2) is 0 Å². The molecular weight excluding hydrogens is 368 g/mol. The standard InChI is InChI=1S/C19H23BrN2O2/c1-12(2)19(23)22-16-7-5-13(3)17(10-16)21-11-14-9-15(20)6-8-18(14)24-4/h5-10,12,21H,11H2,1-4H3,(H,22,23). The molecule has 0 fully saturated rings. The van der Waals surface area contributed by atoms with Gasteiger partial charge in [0.25, 0.3) is 0 Å². The highest BCUT2D eigenvalue weighted by atomic mass is 79.9. The molecule has 0 bridgehead atoms. The molecule has 2 aromatic rings. The number of ether oxygens (including phenoxy) is 1. The van der Waals surface area contributed by atoms with Gasteiger partial charge in [0.2, 0.25) is 5.91 Å². The van der Waals surface area contributed by atoms with E-state index in [1.165, 1.54) is 0 Å². The number of carbonyl (C=O) groups is 1. The molecule has 128 valence electrons. The number of carbonyl (C=O) groups excluding carboxylic acids is 1. The molecule has 0 unspecified atom stereocenters. The highest BCUT2D eigenvalue weighted by Crippen LogP contribution is 2.26. The third kappa shape index (κ3) is 4.74. The molecule has 5 heteroatoms. The summed E-state index contributed by atoms with van der Waals surface area (Å²) in [4.78, 5) is 11.9. The van der Waals surface area contributed by atoms with Gasteiger partial charge in [0, 0.05) is 33.9 Å². The lowest BCUT2D eigenvalue weighted by Gasteiger charge is -2.15. The van der Waals surface area contributed by atoms with Gasteiger partial charge in [-0.3, -0.25) is 4.79 Å². The molecule has 0 radical (unpaired) electrons. The molecule has 0 aliphatic heterocycles. The van der Waals surface area contributed by atoms with Crippen LogP contribution in [0.2, 0.25) is 0 Å². The number of hydrogen-bond donors (Lipinski definition) is 2. The maximum atomic E-state index is 11.9. The molecule has 0 saturated heterocycles. The lowest BCUT2D eigenvalue weighted by Crippen LogP contribution is -2.17. The van der Waals surface area contributed by atoms with Gasteiger partial charge < -0.3 is 15.4 Å². The first-order chi connectivity index (χ1) is 11.4. The summed E-state index contributed by atoms with van der Waals surface area (Å²) in [7, 11) is 1.67. The first-order valence-corrected chi connectivity index (χ1v) is 8.68. The average molecular weight is 391 g/mol. The van der Waals surface area contributed by atoms with Crippen LogP contribution in [0.15, 0.2) is 40.9 Å². The summed E-state index contributed by atoms with van der Waals surface area (Å²) in [6.45, 7) is 6.42. The number of aryl methyl sites for hydroxylation is 1. The van der Waals surface area contributed by atoms with Crippen LogP contribution in [0.25, 0.3) is 0 Å². The number of anilines is 2. The van der Waals surface area contributed by atoms with E-state index in [-0.39, 0.29) is 11.8 Å². The van der Waals surface area contributed by atoms with E-state index in [1.54, 1.807) is 7.11 Å². The molecule has 0 aliphatic rings. The summed E-state index contributed by atoms with van der Waals surface area (Å²) in [5.74, 6) is 0.805. The van der Waals surface area contributed by atoms with Crippen molar-refractivity contribution >= 4 is 33.2 Å². The second-order valence-electron chi connectivity index (χ2n) is 5.98. The largest absolute Gasteiger partial charge is 0.496 e. The van der Waals surface area contributed by atoms with Crippen molar-refractivity contribution in [3.8, 4) is 5.75 Å². The molecule has 2 aromatic carbocycles. The minimum atomic E-state index is -0.0476. The predicted octanol–water partition coefficient (Wildman–Crippen LogP) is 4.97. The zero-order valence-electron chi connectivity index (χ0n) is 14.4. The molecule has 0 atom stereocenters. The van der Waals surface area contributed by atoms with E-state index in [0.29, 0.717) is 6.54 Å². The van der Waals surface area contributed by atoms with Gasteiger partial charge in [0.1, 0.15) is 5.75 Å². The number of rotatable bonds is 6. The van der Waals surface area contributed by atoms with Crippen molar-refractivity contribution in [3.05, 3.63) is 52.0 Å². The summed E-state index contributed by atoms with van der Waals surface area (Å²) in [6, 6.07) is 11.8. The molecule has 0 heterocycles. The SMILES string of the molecule is COc1ccc(Br)cc1CNc1cc(NC(=O)C(C)C)ccc1C. The Hall–Kier alpha value is -2.01. The molecule has 2 rings (SSSR count). The van der Waals surface area contributed by atoms with Crippen molar-refractivity contribution < 1.29 is 9.53 Å². The molecule has 24 heavy (non-hydrogen) atoms. The van der Waals surface area contributed by atoms with Crippen LogP contribution < -0.4 is 15.4 Å². The van der Waals surface area contributed by atoms with E-state index >= 15 is 0 Å². The number of hydrogen-bond acceptors (Lipinski definition) is 3. The van der Waals surface area contributed by atoms with E-state index in [2.05, 4.69) is 26.6 Å². The molecule has 4 nitrogen and oxygen atoms in total. The van der Waals surface area contributed by atoms with Crippen LogP contribution in [0.5, 0.6) is 5.75 Å². The van der Waals surface area contributed by atoms with Crippen LogP contribution in [-0.2, 0) is 11.3 Å². The van der Waals surface area contributed by atoms with Crippen molar-refractivity contribution in [1.82, 2.24) is 0 Å². The van der Waals surface area contributed by atoms with E-state index in [0.717, 1.165) is 32.7 Å². The second-order valence-corrected chi connectivity index (χ2v) is 6.90. The zero-order chi connectivity index (χ0) is 17.7. The van der Waals surface area contributed by atoms with Crippen molar-refractivity contribution in [2.24, 2.45) is 5.92 Å². The molecular formula is C19H23BrN2O2. The maximum Gasteiger partial charge on any atom is 0.226 e. The Morgan fingerprint density at radius 1 is 1.21 bits per heavy atom. The van der Waals surface area contributed by atoms with Crippen molar-refractivity contribution in [2.75, 3.05) is 17.7 Å². The number of methoxy groups -OCH3 is 1. The zero-order valence-corrected chi connectivity index (χ0v) is 16.0. The monoisotopic (exact) mass is 390 g/mol. The molecule has 0 saturated carbocycles. The van der Waals surface area contributed by atoms with E-state index in [1.807, 2.05) is 57.2 Å². The fourth-order valence-corrected chi connectivity index (χ4v) is 2.66. The van der Waals surface area contributed by atoms with Crippen LogP contribution in [0.4, 0.5) is 11.4 Å².